The van der Waals surface area contributed by atoms with Crippen LogP contribution in [0.1, 0.15) is 25.1 Å². The van der Waals surface area contributed by atoms with Crippen LogP contribution >= 0.6 is 0 Å². The molecule has 12 heteroatoms. The molecule has 1 aromatic heterocycles. The van der Waals surface area contributed by atoms with E-state index in [1.54, 1.807) is 18.5 Å². The minimum Gasteiger partial charge on any atom is -0.456 e. The van der Waals surface area contributed by atoms with E-state index in [0.29, 0.717) is 5.82 Å². The fourth-order valence-electron chi connectivity index (χ4n) is 2.05. The zero-order chi connectivity index (χ0) is 21.2. The molecule has 0 fully saturated rings. The van der Waals surface area contributed by atoms with Gasteiger partial charge in [0.2, 0.25) is 0 Å². The highest BCUT2D eigenvalue weighted by molar-refractivity contribution is 7.89. The number of esters is 1. The van der Waals surface area contributed by atoms with Gasteiger partial charge < -0.3 is 14.2 Å². The third kappa shape index (κ3) is 7.34. The van der Waals surface area contributed by atoms with E-state index in [0.717, 1.165) is 0 Å². The highest BCUT2D eigenvalue weighted by Gasteiger charge is 2.19. The van der Waals surface area contributed by atoms with Crippen LogP contribution in [-0.2, 0) is 31.4 Å². The second kappa shape index (κ2) is 11.0. The number of aromatic nitrogens is 2. The van der Waals surface area contributed by atoms with E-state index in [9.17, 15) is 18.0 Å². The number of amides is 1. The number of nitriles is 2. The van der Waals surface area contributed by atoms with Crippen molar-refractivity contribution in [1.29, 1.82) is 10.5 Å². The van der Waals surface area contributed by atoms with Crippen molar-refractivity contribution in [3.8, 4) is 12.1 Å². The molecule has 0 aliphatic carbocycles. The lowest BCUT2D eigenvalue weighted by Crippen LogP contribution is -2.36. The van der Waals surface area contributed by atoms with Crippen molar-refractivity contribution in [3.63, 3.8) is 0 Å². The van der Waals surface area contributed by atoms with Gasteiger partial charge >= 0.3 is 5.97 Å². The highest BCUT2D eigenvalue weighted by Crippen LogP contribution is 2.07. The number of nitrogens with one attached hydrogen (secondary N) is 1. The summed E-state index contributed by atoms with van der Waals surface area (Å²) in [5, 5.41) is 17.1. The van der Waals surface area contributed by atoms with Crippen LogP contribution in [0.4, 0.5) is 0 Å². The summed E-state index contributed by atoms with van der Waals surface area (Å²) in [4.78, 5) is 28.9. The second-order valence-electron chi connectivity index (χ2n) is 5.74. The van der Waals surface area contributed by atoms with E-state index in [2.05, 4.69) is 9.71 Å². The number of hydrogen-bond donors (Lipinski definition) is 1. The largest absolute Gasteiger partial charge is 0.456 e. The Hall–Kier alpha value is -2.96. The number of aryl methyl sites for hydroxylation is 2. The number of hydrogen-bond acceptors (Lipinski definition) is 8. The molecule has 0 aliphatic heterocycles. The highest BCUT2D eigenvalue weighted by atomic mass is 32.2. The van der Waals surface area contributed by atoms with Crippen LogP contribution in [0.2, 0.25) is 0 Å². The van der Waals surface area contributed by atoms with Gasteiger partial charge in [0.25, 0.3) is 15.9 Å². The molecule has 1 N–H and O–H groups in total. The number of rotatable bonds is 11. The van der Waals surface area contributed by atoms with Crippen LogP contribution in [0.3, 0.4) is 0 Å². The van der Waals surface area contributed by atoms with Crippen LogP contribution in [0.5, 0.6) is 0 Å². The van der Waals surface area contributed by atoms with Crippen LogP contribution in [0.15, 0.2) is 11.2 Å². The molecular formula is C16H22N6O5S. The number of ether oxygens (including phenoxy) is 1. The summed E-state index contributed by atoms with van der Waals surface area (Å²) in [5.41, 5.74) is 0. The van der Waals surface area contributed by atoms with Gasteiger partial charge in [-0.1, -0.05) is 0 Å². The van der Waals surface area contributed by atoms with Crippen molar-refractivity contribution >= 4 is 21.9 Å². The maximum atomic E-state index is 12.1. The van der Waals surface area contributed by atoms with Gasteiger partial charge in [0.1, 0.15) is 5.82 Å². The monoisotopic (exact) mass is 410 g/mol. The molecule has 1 amide bonds. The van der Waals surface area contributed by atoms with Crippen molar-refractivity contribution in [2.75, 3.05) is 26.2 Å². The summed E-state index contributed by atoms with van der Waals surface area (Å²) in [6.07, 6.45) is 1.28. The Kier molecular flexibility index (Phi) is 9.08. The summed E-state index contributed by atoms with van der Waals surface area (Å²) in [7, 11) is -2.19. The Morgan fingerprint density at radius 3 is 2.39 bits per heavy atom. The number of nitrogens with zero attached hydrogens (tertiary/aromatic N) is 5. The smallest absolute Gasteiger partial charge is 0.307 e. The topological polar surface area (TPSA) is 158 Å². The van der Waals surface area contributed by atoms with Crippen molar-refractivity contribution in [2.45, 2.75) is 31.2 Å². The first-order chi connectivity index (χ1) is 13.2. The molecular weight excluding hydrogens is 388 g/mol. The van der Waals surface area contributed by atoms with Crippen LogP contribution in [-0.4, -0.2) is 61.0 Å². The summed E-state index contributed by atoms with van der Waals surface area (Å²) in [6, 6.07) is 3.80. The summed E-state index contributed by atoms with van der Waals surface area (Å²) >= 11 is 0. The first kappa shape index (κ1) is 23.1. The molecule has 152 valence electrons. The van der Waals surface area contributed by atoms with Crippen molar-refractivity contribution in [2.24, 2.45) is 7.05 Å². The van der Waals surface area contributed by atoms with Gasteiger partial charge in [0.15, 0.2) is 11.6 Å². The lowest BCUT2D eigenvalue weighted by atomic mass is 10.3. The fourth-order valence-corrected chi connectivity index (χ4v) is 3.12. The first-order valence-electron chi connectivity index (χ1n) is 8.38. The lowest BCUT2D eigenvalue weighted by molar-refractivity contribution is -0.151. The van der Waals surface area contributed by atoms with Gasteiger partial charge in [-0.05, 0) is 6.92 Å². The third-order valence-corrected chi connectivity index (χ3v) is 5.01. The van der Waals surface area contributed by atoms with E-state index >= 15 is 0 Å². The minimum atomic E-state index is -3.85. The first-order valence-corrected chi connectivity index (χ1v) is 9.86. The molecule has 0 unspecified atom stereocenters. The van der Waals surface area contributed by atoms with Crippen LogP contribution in [0, 0.1) is 29.6 Å². The average molecular weight is 410 g/mol. The third-order valence-electron chi connectivity index (χ3n) is 3.68. The van der Waals surface area contributed by atoms with Gasteiger partial charge in [-0.15, -0.1) is 0 Å². The molecule has 1 rings (SSSR count). The normalized spacial score (nSPS) is 10.7. The Morgan fingerprint density at radius 2 is 1.89 bits per heavy atom. The van der Waals surface area contributed by atoms with Gasteiger partial charge in [-0.25, -0.2) is 18.1 Å². The van der Waals surface area contributed by atoms with Gasteiger partial charge in [0.05, 0.1) is 31.4 Å². The van der Waals surface area contributed by atoms with Crippen molar-refractivity contribution < 1.29 is 22.7 Å². The molecule has 0 bridgehead atoms. The molecule has 11 nitrogen and oxygen atoms in total. The SMILES string of the molecule is Cc1nc(S(=O)(=O)NCCC(=O)OCC(=O)N(CCC#N)CCC#N)cn1C. The molecule has 0 radical (unpaired) electrons. The number of imidazole rings is 1. The molecule has 1 heterocycles. The van der Waals surface area contributed by atoms with E-state index in [-0.39, 0.29) is 43.9 Å². The molecule has 0 atom stereocenters. The standard InChI is InChI=1S/C16H22N6O5S/c1-13-20-14(11-21(13)2)28(25,26)19-8-5-16(24)27-12-15(23)22(9-3-6-17)10-4-7-18/h11,19H,3-5,8-10,12H2,1-2H3. The minimum absolute atomic E-state index is 0.0971. The molecule has 0 saturated heterocycles. The number of sulfonamides is 1. The molecule has 0 aliphatic rings. The number of carbonyl (C=O) groups is 2. The van der Waals surface area contributed by atoms with Crippen LogP contribution < -0.4 is 4.72 Å². The summed E-state index contributed by atoms with van der Waals surface area (Å²) < 4.78 is 32.8. The molecule has 28 heavy (non-hydrogen) atoms. The van der Waals surface area contributed by atoms with Crippen molar-refractivity contribution in [1.82, 2.24) is 19.2 Å². The lowest BCUT2D eigenvalue weighted by Gasteiger charge is -2.20. The van der Waals surface area contributed by atoms with Gasteiger partial charge in [0, 0.05) is 32.9 Å². The molecule has 0 aromatic carbocycles. The van der Waals surface area contributed by atoms with Gasteiger partial charge in [-0.2, -0.15) is 10.5 Å². The number of carbonyl (C=O) groups excluding carboxylic acids is 2. The van der Waals surface area contributed by atoms with E-state index in [4.69, 9.17) is 15.3 Å². The zero-order valence-corrected chi connectivity index (χ0v) is 16.5. The zero-order valence-electron chi connectivity index (χ0n) is 15.7. The maximum absolute atomic E-state index is 12.1. The summed E-state index contributed by atoms with van der Waals surface area (Å²) in [6.45, 7) is 1.18. The fraction of sp³-hybridized carbons (Fsp3) is 0.562. The van der Waals surface area contributed by atoms with E-state index in [1.807, 2.05) is 12.1 Å². The Morgan fingerprint density at radius 1 is 1.29 bits per heavy atom. The average Bonchev–Trinajstić information content (AvgIpc) is 2.99. The maximum Gasteiger partial charge on any atom is 0.307 e. The second-order valence-corrected chi connectivity index (χ2v) is 7.46. The van der Waals surface area contributed by atoms with E-state index in [1.165, 1.54) is 11.1 Å². The van der Waals surface area contributed by atoms with Crippen molar-refractivity contribution in [3.05, 3.63) is 12.0 Å². The predicted octanol–water partition coefficient (Wildman–Crippen LogP) is -0.404. The summed E-state index contributed by atoms with van der Waals surface area (Å²) in [5.74, 6) is -0.757. The quantitative estimate of drug-likeness (QED) is 0.482. The van der Waals surface area contributed by atoms with Crippen LogP contribution in [0.25, 0.3) is 0 Å². The predicted molar refractivity (Wildman–Crippen MR) is 95.7 cm³/mol. The Bertz CT molecular complexity index is 843. The molecule has 1 aromatic rings. The van der Waals surface area contributed by atoms with Gasteiger partial charge in [-0.3, -0.25) is 9.59 Å². The Labute approximate surface area is 163 Å². The van der Waals surface area contributed by atoms with E-state index < -0.39 is 28.5 Å². The molecule has 0 spiro atoms. The Balaban J connectivity index is 2.44. The molecule has 0 saturated carbocycles.